The lowest BCUT2D eigenvalue weighted by atomic mass is 10.3. The zero-order chi connectivity index (χ0) is 11.4. The number of β-amino-alcohol motifs (C(OH)–C–C–N with tert-alkyl or cyclic N) is 1. The van der Waals surface area contributed by atoms with Crippen LogP contribution >= 0.6 is 11.8 Å². The Kier molecular flexibility index (Phi) is 4.21. The van der Waals surface area contributed by atoms with Crippen molar-refractivity contribution in [2.75, 3.05) is 25.4 Å². The Labute approximate surface area is 99.5 Å². The Balaban J connectivity index is 1.74. The highest BCUT2D eigenvalue weighted by atomic mass is 32.2. The van der Waals surface area contributed by atoms with E-state index in [-0.39, 0.29) is 11.9 Å². The Hall–Kier alpha value is -0.580. The minimum atomic E-state index is -0.168. The molecule has 1 aliphatic heterocycles. The number of aliphatic hydroxyl groups excluding tert-OH is 1. The standard InChI is InChI=1S/C12H16FNOS/c13-11-3-1-2-4-12(11)16-8-7-14-6-5-10(15)9-14/h1-4,10,15H,5-9H2/t10-/m0/s1. The molecule has 1 atom stereocenters. The van der Waals surface area contributed by atoms with Gasteiger partial charge in [0.2, 0.25) is 0 Å². The molecule has 0 aromatic heterocycles. The Bertz CT molecular complexity index is 348. The van der Waals surface area contributed by atoms with E-state index >= 15 is 0 Å². The lowest BCUT2D eigenvalue weighted by molar-refractivity contribution is 0.178. The molecule has 2 rings (SSSR count). The van der Waals surface area contributed by atoms with E-state index in [0.29, 0.717) is 4.90 Å². The van der Waals surface area contributed by atoms with Gasteiger partial charge in [-0.15, -0.1) is 11.8 Å². The summed E-state index contributed by atoms with van der Waals surface area (Å²) in [5.41, 5.74) is 0. The van der Waals surface area contributed by atoms with Crippen LogP contribution in [0.2, 0.25) is 0 Å². The SMILES string of the molecule is O[C@H]1CCN(CCSc2ccccc2F)C1. The fourth-order valence-electron chi connectivity index (χ4n) is 1.86. The minimum Gasteiger partial charge on any atom is -0.392 e. The maximum absolute atomic E-state index is 13.3. The molecule has 1 N–H and O–H groups in total. The first-order valence-corrected chi connectivity index (χ1v) is 6.52. The van der Waals surface area contributed by atoms with Crippen molar-refractivity contribution in [2.45, 2.75) is 17.4 Å². The lowest BCUT2D eigenvalue weighted by Crippen LogP contribution is -2.24. The molecule has 1 heterocycles. The Morgan fingerprint density at radius 2 is 2.25 bits per heavy atom. The van der Waals surface area contributed by atoms with Crippen LogP contribution in [0, 0.1) is 5.82 Å². The minimum absolute atomic E-state index is 0.144. The molecule has 1 aromatic carbocycles. The summed E-state index contributed by atoms with van der Waals surface area (Å²) in [5.74, 6) is 0.724. The van der Waals surface area contributed by atoms with Gasteiger partial charge >= 0.3 is 0 Å². The summed E-state index contributed by atoms with van der Waals surface area (Å²) in [4.78, 5) is 2.93. The van der Waals surface area contributed by atoms with Gasteiger partial charge in [0.05, 0.1) is 6.10 Å². The topological polar surface area (TPSA) is 23.5 Å². The average molecular weight is 241 g/mol. The van der Waals surface area contributed by atoms with Crippen molar-refractivity contribution in [2.24, 2.45) is 0 Å². The van der Waals surface area contributed by atoms with Gasteiger partial charge in [-0.2, -0.15) is 0 Å². The highest BCUT2D eigenvalue weighted by molar-refractivity contribution is 7.99. The molecule has 4 heteroatoms. The van der Waals surface area contributed by atoms with E-state index in [1.54, 1.807) is 12.1 Å². The third-order valence-corrected chi connectivity index (χ3v) is 3.78. The number of benzene rings is 1. The number of likely N-dealkylation sites (tertiary alicyclic amines) is 1. The van der Waals surface area contributed by atoms with E-state index in [1.165, 1.54) is 17.8 Å². The molecule has 1 aromatic rings. The maximum atomic E-state index is 13.3. The molecule has 88 valence electrons. The first-order chi connectivity index (χ1) is 7.75. The van der Waals surface area contributed by atoms with Crippen molar-refractivity contribution in [1.29, 1.82) is 0 Å². The van der Waals surface area contributed by atoms with Gasteiger partial charge in [0.15, 0.2) is 0 Å². The molecule has 16 heavy (non-hydrogen) atoms. The summed E-state index contributed by atoms with van der Waals surface area (Å²) in [7, 11) is 0. The van der Waals surface area contributed by atoms with Crippen molar-refractivity contribution in [3.8, 4) is 0 Å². The van der Waals surface area contributed by atoms with Crippen LogP contribution in [0.25, 0.3) is 0 Å². The van der Waals surface area contributed by atoms with E-state index in [9.17, 15) is 9.50 Å². The second kappa shape index (κ2) is 5.66. The van der Waals surface area contributed by atoms with Gasteiger partial charge in [-0.1, -0.05) is 12.1 Å². The van der Waals surface area contributed by atoms with Crippen molar-refractivity contribution < 1.29 is 9.50 Å². The molecule has 0 saturated carbocycles. The summed E-state index contributed by atoms with van der Waals surface area (Å²) in [6.07, 6.45) is 0.697. The second-order valence-electron chi connectivity index (χ2n) is 4.02. The van der Waals surface area contributed by atoms with Gasteiger partial charge in [0.25, 0.3) is 0 Å². The van der Waals surface area contributed by atoms with Crippen LogP contribution in [0.15, 0.2) is 29.2 Å². The molecule has 1 fully saturated rings. The van der Waals surface area contributed by atoms with Crippen LogP contribution in [0.5, 0.6) is 0 Å². The number of aliphatic hydroxyl groups is 1. The number of nitrogens with zero attached hydrogens (tertiary/aromatic N) is 1. The molecule has 0 spiro atoms. The fraction of sp³-hybridized carbons (Fsp3) is 0.500. The van der Waals surface area contributed by atoms with Crippen molar-refractivity contribution >= 4 is 11.8 Å². The summed E-state index contributed by atoms with van der Waals surface area (Å²) in [6.45, 7) is 2.63. The Morgan fingerprint density at radius 3 is 2.94 bits per heavy atom. The third kappa shape index (κ3) is 3.20. The number of hydrogen-bond donors (Lipinski definition) is 1. The number of hydrogen-bond acceptors (Lipinski definition) is 3. The van der Waals surface area contributed by atoms with E-state index in [4.69, 9.17) is 0 Å². The van der Waals surface area contributed by atoms with Crippen molar-refractivity contribution in [3.05, 3.63) is 30.1 Å². The van der Waals surface area contributed by atoms with Crippen LogP contribution in [0.1, 0.15) is 6.42 Å². The van der Waals surface area contributed by atoms with Gasteiger partial charge in [0, 0.05) is 30.3 Å². The molecular weight excluding hydrogens is 225 g/mol. The average Bonchev–Trinajstić information content (AvgIpc) is 2.67. The molecule has 0 unspecified atom stereocenters. The highest BCUT2D eigenvalue weighted by Gasteiger charge is 2.19. The fourth-order valence-corrected chi connectivity index (χ4v) is 2.81. The Morgan fingerprint density at radius 1 is 1.44 bits per heavy atom. The van der Waals surface area contributed by atoms with Crippen LogP contribution in [-0.4, -0.2) is 41.5 Å². The van der Waals surface area contributed by atoms with E-state index < -0.39 is 0 Å². The highest BCUT2D eigenvalue weighted by Crippen LogP contribution is 2.21. The normalized spacial score (nSPS) is 21.5. The first kappa shape index (κ1) is 11.9. The summed E-state index contributed by atoms with van der Waals surface area (Å²) >= 11 is 1.54. The van der Waals surface area contributed by atoms with Crippen LogP contribution in [0.4, 0.5) is 4.39 Å². The summed E-state index contributed by atoms with van der Waals surface area (Å²) in [6, 6.07) is 6.85. The summed E-state index contributed by atoms with van der Waals surface area (Å²) in [5, 5.41) is 9.35. The monoisotopic (exact) mass is 241 g/mol. The molecule has 0 amide bonds. The quantitative estimate of drug-likeness (QED) is 0.815. The third-order valence-electron chi connectivity index (χ3n) is 2.75. The van der Waals surface area contributed by atoms with Crippen LogP contribution in [0.3, 0.4) is 0 Å². The van der Waals surface area contributed by atoms with Gasteiger partial charge in [-0.3, -0.25) is 4.90 Å². The van der Waals surface area contributed by atoms with E-state index in [2.05, 4.69) is 4.90 Å². The molecule has 0 radical (unpaired) electrons. The molecule has 0 bridgehead atoms. The van der Waals surface area contributed by atoms with Gasteiger partial charge in [-0.05, 0) is 18.6 Å². The number of rotatable bonds is 4. The van der Waals surface area contributed by atoms with Crippen LogP contribution in [-0.2, 0) is 0 Å². The van der Waals surface area contributed by atoms with Gasteiger partial charge in [0.1, 0.15) is 5.82 Å². The molecule has 0 aliphatic carbocycles. The van der Waals surface area contributed by atoms with E-state index in [1.807, 2.05) is 6.07 Å². The largest absolute Gasteiger partial charge is 0.392 e. The maximum Gasteiger partial charge on any atom is 0.136 e. The zero-order valence-corrected chi connectivity index (χ0v) is 9.92. The van der Waals surface area contributed by atoms with Gasteiger partial charge in [-0.25, -0.2) is 4.39 Å². The first-order valence-electron chi connectivity index (χ1n) is 5.53. The number of halogens is 1. The van der Waals surface area contributed by atoms with Crippen LogP contribution < -0.4 is 0 Å². The zero-order valence-electron chi connectivity index (χ0n) is 9.10. The van der Waals surface area contributed by atoms with Gasteiger partial charge < -0.3 is 5.11 Å². The molecular formula is C12H16FNOS. The smallest absolute Gasteiger partial charge is 0.136 e. The molecule has 1 aliphatic rings. The number of thioether (sulfide) groups is 1. The summed E-state index contributed by atoms with van der Waals surface area (Å²) < 4.78 is 13.3. The predicted octanol–water partition coefficient (Wildman–Crippen LogP) is 1.98. The van der Waals surface area contributed by atoms with Crippen molar-refractivity contribution in [3.63, 3.8) is 0 Å². The van der Waals surface area contributed by atoms with Crippen molar-refractivity contribution in [1.82, 2.24) is 4.90 Å². The molecule has 1 saturated heterocycles. The molecule has 2 nitrogen and oxygen atoms in total. The predicted molar refractivity (Wildman–Crippen MR) is 64.2 cm³/mol. The lowest BCUT2D eigenvalue weighted by Gasteiger charge is -2.14. The van der Waals surface area contributed by atoms with E-state index in [0.717, 1.165) is 31.8 Å². The second-order valence-corrected chi connectivity index (χ2v) is 5.16.